The summed E-state index contributed by atoms with van der Waals surface area (Å²) in [7, 11) is 0. The zero-order valence-electron chi connectivity index (χ0n) is 16.1. The topological polar surface area (TPSA) is 59.1 Å². The third-order valence-corrected chi connectivity index (χ3v) is 6.07. The van der Waals surface area contributed by atoms with Gasteiger partial charge in [0.15, 0.2) is 5.79 Å². The van der Waals surface area contributed by atoms with Gasteiger partial charge in [-0.3, -0.25) is 9.59 Å². The van der Waals surface area contributed by atoms with E-state index in [4.69, 9.17) is 9.47 Å². The van der Waals surface area contributed by atoms with Gasteiger partial charge in [-0.1, -0.05) is 12.1 Å². The van der Waals surface area contributed by atoms with Crippen molar-refractivity contribution in [3.63, 3.8) is 0 Å². The Morgan fingerprint density at radius 2 is 1.64 bits per heavy atom. The zero-order valence-corrected chi connectivity index (χ0v) is 16.1. The average Bonchev–Trinajstić information content (AvgIpc) is 3.37. The van der Waals surface area contributed by atoms with Crippen molar-refractivity contribution in [2.75, 3.05) is 32.8 Å². The molecule has 1 aromatic rings. The van der Waals surface area contributed by atoms with Crippen LogP contribution in [0.4, 0.5) is 4.39 Å². The van der Waals surface area contributed by atoms with Crippen LogP contribution in [0.2, 0.25) is 0 Å². The van der Waals surface area contributed by atoms with Crippen molar-refractivity contribution in [2.45, 2.75) is 50.4 Å². The minimum absolute atomic E-state index is 0.00360. The quantitative estimate of drug-likeness (QED) is 0.793. The summed E-state index contributed by atoms with van der Waals surface area (Å²) < 4.78 is 24.6. The number of piperidine rings is 1. The first kappa shape index (κ1) is 19.3. The number of amides is 2. The number of carbonyl (C=O) groups excluding carboxylic acids is 2. The molecule has 0 radical (unpaired) electrons. The molecule has 3 aliphatic rings. The van der Waals surface area contributed by atoms with Gasteiger partial charge >= 0.3 is 0 Å². The molecule has 0 unspecified atom stereocenters. The summed E-state index contributed by atoms with van der Waals surface area (Å²) in [5.74, 6) is -0.762. The third-order valence-electron chi connectivity index (χ3n) is 6.07. The first-order valence-electron chi connectivity index (χ1n) is 10.2. The zero-order chi connectivity index (χ0) is 19.6. The molecule has 7 heteroatoms. The fourth-order valence-electron chi connectivity index (χ4n) is 4.49. The molecule has 3 saturated heterocycles. The minimum Gasteiger partial charge on any atom is -0.347 e. The van der Waals surface area contributed by atoms with Gasteiger partial charge < -0.3 is 19.3 Å². The van der Waals surface area contributed by atoms with Gasteiger partial charge in [0.2, 0.25) is 11.8 Å². The molecule has 0 aromatic heterocycles. The summed E-state index contributed by atoms with van der Waals surface area (Å²) in [4.78, 5) is 28.9. The summed E-state index contributed by atoms with van der Waals surface area (Å²) in [6.45, 7) is 3.14. The van der Waals surface area contributed by atoms with Crippen LogP contribution in [-0.2, 0) is 19.1 Å². The van der Waals surface area contributed by atoms with Gasteiger partial charge in [0, 0.05) is 45.3 Å². The van der Waals surface area contributed by atoms with E-state index in [9.17, 15) is 14.0 Å². The van der Waals surface area contributed by atoms with Crippen LogP contribution in [0.1, 0.15) is 50.1 Å². The molecule has 3 heterocycles. The lowest BCUT2D eigenvalue weighted by Gasteiger charge is -2.37. The minimum atomic E-state index is -0.496. The van der Waals surface area contributed by atoms with E-state index in [0.29, 0.717) is 45.7 Å². The number of rotatable bonds is 4. The van der Waals surface area contributed by atoms with E-state index in [1.165, 1.54) is 12.1 Å². The van der Waals surface area contributed by atoms with Crippen molar-refractivity contribution in [2.24, 2.45) is 0 Å². The van der Waals surface area contributed by atoms with Crippen LogP contribution in [0.15, 0.2) is 24.3 Å². The number of ether oxygens (including phenoxy) is 2. The first-order chi connectivity index (χ1) is 13.6. The molecule has 0 aliphatic carbocycles. The molecule has 0 saturated carbocycles. The Balaban J connectivity index is 1.27. The van der Waals surface area contributed by atoms with Gasteiger partial charge in [-0.15, -0.1) is 0 Å². The summed E-state index contributed by atoms with van der Waals surface area (Å²) in [5, 5.41) is 0. The van der Waals surface area contributed by atoms with Crippen LogP contribution in [0.3, 0.4) is 0 Å². The van der Waals surface area contributed by atoms with Crippen molar-refractivity contribution in [3.05, 3.63) is 35.6 Å². The molecule has 2 amide bonds. The highest BCUT2D eigenvalue weighted by molar-refractivity contribution is 5.84. The SMILES string of the molecule is O=C(CCC(=O)N1CCC[C@H]1c1ccc(F)cc1)N1CCC2(CC1)OCCO2. The molecular weight excluding hydrogens is 363 g/mol. The molecule has 0 bridgehead atoms. The predicted octanol–water partition coefficient (Wildman–Crippen LogP) is 2.63. The monoisotopic (exact) mass is 390 g/mol. The number of hydrogen-bond donors (Lipinski definition) is 0. The summed E-state index contributed by atoms with van der Waals surface area (Å²) in [5.41, 5.74) is 0.955. The highest BCUT2D eigenvalue weighted by Crippen LogP contribution is 2.33. The standard InChI is InChI=1S/C21H27FN2O4/c22-17-5-3-16(4-6-17)18-2-1-11-24(18)20(26)8-7-19(25)23-12-9-21(10-13-23)27-14-15-28-21/h3-6,18H,1-2,7-15H2/t18-/m0/s1. The van der Waals surface area contributed by atoms with Crippen molar-refractivity contribution in [3.8, 4) is 0 Å². The maximum Gasteiger partial charge on any atom is 0.223 e. The lowest BCUT2D eigenvalue weighted by Crippen LogP contribution is -2.47. The van der Waals surface area contributed by atoms with Crippen molar-refractivity contribution in [1.82, 2.24) is 9.80 Å². The fraction of sp³-hybridized carbons (Fsp3) is 0.619. The molecule has 1 atom stereocenters. The van der Waals surface area contributed by atoms with E-state index in [1.807, 2.05) is 9.80 Å². The van der Waals surface area contributed by atoms with E-state index in [1.54, 1.807) is 12.1 Å². The Bertz CT molecular complexity index is 708. The van der Waals surface area contributed by atoms with Gasteiger partial charge in [-0.25, -0.2) is 4.39 Å². The third kappa shape index (κ3) is 4.05. The van der Waals surface area contributed by atoms with Crippen LogP contribution < -0.4 is 0 Å². The average molecular weight is 390 g/mol. The van der Waals surface area contributed by atoms with Crippen LogP contribution >= 0.6 is 0 Å². The van der Waals surface area contributed by atoms with Gasteiger partial charge in [-0.2, -0.15) is 0 Å². The number of nitrogens with zero attached hydrogens (tertiary/aromatic N) is 2. The van der Waals surface area contributed by atoms with Crippen molar-refractivity contribution >= 4 is 11.8 Å². The summed E-state index contributed by atoms with van der Waals surface area (Å²) in [6, 6.07) is 6.33. The van der Waals surface area contributed by atoms with E-state index < -0.39 is 5.79 Å². The second-order valence-corrected chi connectivity index (χ2v) is 7.79. The van der Waals surface area contributed by atoms with E-state index in [0.717, 1.165) is 18.4 Å². The van der Waals surface area contributed by atoms with Gasteiger partial charge in [0.25, 0.3) is 0 Å². The van der Waals surface area contributed by atoms with Crippen LogP contribution in [0.25, 0.3) is 0 Å². The number of likely N-dealkylation sites (tertiary alicyclic amines) is 2. The Morgan fingerprint density at radius 3 is 2.32 bits per heavy atom. The smallest absolute Gasteiger partial charge is 0.223 e. The number of halogens is 1. The molecule has 3 fully saturated rings. The van der Waals surface area contributed by atoms with Gasteiger partial charge in [0.1, 0.15) is 5.82 Å². The van der Waals surface area contributed by atoms with Gasteiger partial charge in [-0.05, 0) is 30.5 Å². The fourth-order valence-corrected chi connectivity index (χ4v) is 4.49. The van der Waals surface area contributed by atoms with Crippen LogP contribution in [0, 0.1) is 5.82 Å². The molecular formula is C21H27FN2O4. The Kier molecular flexibility index (Phi) is 5.64. The van der Waals surface area contributed by atoms with E-state index >= 15 is 0 Å². The first-order valence-corrected chi connectivity index (χ1v) is 10.2. The molecule has 1 aromatic carbocycles. The Hall–Kier alpha value is -1.99. The van der Waals surface area contributed by atoms with E-state index in [2.05, 4.69) is 0 Å². The second-order valence-electron chi connectivity index (χ2n) is 7.79. The van der Waals surface area contributed by atoms with Crippen molar-refractivity contribution < 1.29 is 23.5 Å². The summed E-state index contributed by atoms with van der Waals surface area (Å²) >= 11 is 0. The van der Waals surface area contributed by atoms with Crippen LogP contribution in [0.5, 0.6) is 0 Å². The lowest BCUT2D eigenvalue weighted by molar-refractivity contribution is -0.187. The van der Waals surface area contributed by atoms with Gasteiger partial charge in [0.05, 0.1) is 19.3 Å². The highest BCUT2D eigenvalue weighted by atomic mass is 19.1. The predicted molar refractivity (Wildman–Crippen MR) is 99.8 cm³/mol. The number of benzene rings is 1. The molecule has 1 spiro atoms. The molecule has 6 nitrogen and oxygen atoms in total. The summed E-state index contributed by atoms with van der Waals surface area (Å²) in [6.07, 6.45) is 3.61. The Labute approximate surface area is 164 Å². The van der Waals surface area contributed by atoms with Crippen molar-refractivity contribution in [1.29, 1.82) is 0 Å². The molecule has 0 N–H and O–H groups in total. The highest BCUT2D eigenvalue weighted by Gasteiger charge is 2.40. The maximum absolute atomic E-state index is 13.2. The number of hydrogen-bond acceptors (Lipinski definition) is 4. The number of carbonyl (C=O) groups is 2. The molecule has 28 heavy (non-hydrogen) atoms. The molecule has 4 rings (SSSR count). The largest absolute Gasteiger partial charge is 0.347 e. The van der Waals surface area contributed by atoms with Crippen LogP contribution in [-0.4, -0.2) is 60.2 Å². The Morgan fingerprint density at radius 1 is 1.00 bits per heavy atom. The molecule has 3 aliphatic heterocycles. The van der Waals surface area contributed by atoms with E-state index in [-0.39, 0.29) is 36.5 Å². The molecule has 152 valence electrons. The normalized spacial score (nSPS) is 24.1. The second kappa shape index (κ2) is 8.17. The maximum atomic E-state index is 13.2. The lowest BCUT2D eigenvalue weighted by atomic mass is 10.0.